The van der Waals surface area contributed by atoms with E-state index in [-0.39, 0.29) is 6.61 Å². The average molecular weight is 162 g/mol. The first-order valence-electron chi connectivity index (χ1n) is 3.58. The summed E-state index contributed by atoms with van der Waals surface area (Å²) < 4.78 is 5.10. The molecule has 1 fully saturated rings. The third-order valence-electron chi connectivity index (χ3n) is 2.14. The van der Waals surface area contributed by atoms with Crippen molar-refractivity contribution in [1.82, 2.24) is 0 Å². The SMILES string of the molecule is CC1(C)OC[C@](O)(CO)[C@H]1O. The monoisotopic (exact) mass is 162 g/mol. The van der Waals surface area contributed by atoms with Crippen LogP contribution in [0, 0.1) is 0 Å². The maximum atomic E-state index is 9.48. The van der Waals surface area contributed by atoms with Crippen LogP contribution in [0.5, 0.6) is 0 Å². The molecule has 66 valence electrons. The molecular weight excluding hydrogens is 148 g/mol. The predicted molar refractivity (Wildman–Crippen MR) is 38.1 cm³/mol. The van der Waals surface area contributed by atoms with Crippen LogP contribution in [0.15, 0.2) is 0 Å². The van der Waals surface area contributed by atoms with Crippen molar-refractivity contribution in [3.63, 3.8) is 0 Å². The van der Waals surface area contributed by atoms with E-state index in [9.17, 15) is 10.2 Å². The van der Waals surface area contributed by atoms with Gasteiger partial charge in [0.2, 0.25) is 0 Å². The fraction of sp³-hybridized carbons (Fsp3) is 1.00. The second kappa shape index (κ2) is 2.42. The van der Waals surface area contributed by atoms with Crippen LogP contribution in [0.3, 0.4) is 0 Å². The van der Waals surface area contributed by atoms with Crippen LogP contribution in [-0.2, 0) is 4.74 Å². The third-order valence-corrected chi connectivity index (χ3v) is 2.14. The summed E-state index contributed by atoms with van der Waals surface area (Å²) >= 11 is 0. The Hall–Kier alpha value is -0.160. The number of hydrogen-bond donors (Lipinski definition) is 3. The summed E-state index contributed by atoms with van der Waals surface area (Å²) in [5, 5.41) is 27.7. The summed E-state index contributed by atoms with van der Waals surface area (Å²) in [6.45, 7) is 2.85. The van der Waals surface area contributed by atoms with Gasteiger partial charge in [0, 0.05) is 0 Å². The molecule has 3 N–H and O–H groups in total. The molecule has 0 bridgehead atoms. The van der Waals surface area contributed by atoms with Crippen molar-refractivity contribution in [2.24, 2.45) is 0 Å². The van der Waals surface area contributed by atoms with E-state index in [1.807, 2.05) is 0 Å². The molecule has 0 aliphatic carbocycles. The van der Waals surface area contributed by atoms with E-state index in [4.69, 9.17) is 9.84 Å². The van der Waals surface area contributed by atoms with Crippen molar-refractivity contribution in [3.8, 4) is 0 Å². The van der Waals surface area contributed by atoms with E-state index < -0.39 is 23.9 Å². The quantitative estimate of drug-likeness (QED) is 0.457. The minimum atomic E-state index is -1.48. The topological polar surface area (TPSA) is 69.9 Å². The van der Waals surface area contributed by atoms with Gasteiger partial charge in [0.25, 0.3) is 0 Å². The van der Waals surface area contributed by atoms with E-state index >= 15 is 0 Å². The molecule has 1 aliphatic heterocycles. The number of hydrogen-bond acceptors (Lipinski definition) is 4. The Bertz CT molecular complexity index is 157. The molecule has 0 unspecified atom stereocenters. The van der Waals surface area contributed by atoms with Gasteiger partial charge in [-0.2, -0.15) is 0 Å². The summed E-state index contributed by atoms with van der Waals surface area (Å²) in [6.07, 6.45) is -1.03. The third kappa shape index (κ3) is 1.27. The van der Waals surface area contributed by atoms with E-state index in [1.165, 1.54) is 0 Å². The molecule has 0 aromatic rings. The zero-order valence-corrected chi connectivity index (χ0v) is 6.74. The molecule has 0 radical (unpaired) electrons. The Morgan fingerprint density at radius 1 is 1.55 bits per heavy atom. The Morgan fingerprint density at radius 3 is 2.27 bits per heavy atom. The minimum absolute atomic E-state index is 0.0162. The summed E-state index contributed by atoms with van der Waals surface area (Å²) in [7, 11) is 0. The summed E-state index contributed by atoms with van der Waals surface area (Å²) in [4.78, 5) is 0. The lowest BCUT2D eigenvalue weighted by Crippen LogP contribution is -2.49. The largest absolute Gasteiger partial charge is 0.393 e. The van der Waals surface area contributed by atoms with Crippen LogP contribution >= 0.6 is 0 Å². The number of ether oxygens (including phenoxy) is 1. The molecule has 11 heavy (non-hydrogen) atoms. The van der Waals surface area contributed by atoms with E-state index in [1.54, 1.807) is 13.8 Å². The number of rotatable bonds is 1. The lowest BCUT2D eigenvalue weighted by atomic mass is 9.91. The lowest BCUT2D eigenvalue weighted by Gasteiger charge is -2.27. The summed E-state index contributed by atoms with van der Waals surface area (Å²) in [6, 6.07) is 0. The highest BCUT2D eigenvalue weighted by atomic mass is 16.6. The molecule has 0 amide bonds. The fourth-order valence-electron chi connectivity index (χ4n) is 1.25. The highest BCUT2D eigenvalue weighted by Crippen LogP contribution is 2.32. The van der Waals surface area contributed by atoms with Crippen LogP contribution in [0.4, 0.5) is 0 Å². The van der Waals surface area contributed by atoms with Crippen molar-refractivity contribution < 1.29 is 20.1 Å². The minimum Gasteiger partial charge on any atom is -0.393 e. The van der Waals surface area contributed by atoms with Gasteiger partial charge in [-0.25, -0.2) is 0 Å². The number of aliphatic hydroxyl groups excluding tert-OH is 2. The van der Waals surface area contributed by atoms with Gasteiger partial charge in [-0.05, 0) is 13.8 Å². The van der Waals surface area contributed by atoms with Crippen molar-refractivity contribution >= 4 is 0 Å². The second-order valence-corrected chi connectivity index (χ2v) is 3.56. The van der Waals surface area contributed by atoms with Crippen LogP contribution < -0.4 is 0 Å². The Morgan fingerprint density at radius 2 is 2.09 bits per heavy atom. The highest BCUT2D eigenvalue weighted by Gasteiger charge is 2.52. The van der Waals surface area contributed by atoms with Gasteiger partial charge in [-0.3, -0.25) is 0 Å². The van der Waals surface area contributed by atoms with Crippen molar-refractivity contribution in [1.29, 1.82) is 0 Å². The smallest absolute Gasteiger partial charge is 0.139 e. The molecule has 1 heterocycles. The van der Waals surface area contributed by atoms with Gasteiger partial charge in [0.05, 0.1) is 18.8 Å². The van der Waals surface area contributed by atoms with Gasteiger partial charge in [-0.15, -0.1) is 0 Å². The predicted octanol–water partition coefficient (Wildman–Crippen LogP) is -1.12. The second-order valence-electron chi connectivity index (χ2n) is 3.56. The maximum absolute atomic E-state index is 9.48. The molecule has 1 saturated heterocycles. The normalized spacial score (nSPS) is 42.8. The molecule has 4 nitrogen and oxygen atoms in total. The summed E-state index contributed by atoms with van der Waals surface area (Å²) in [5.41, 5.74) is -2.25. The molecule has 2 atom stereocenters. The first-order chi connectivity index (χ1) is 4.92. The van der Waals surface area contributed by atoms with Crippen LogP contribution in [0.25, 0.3) is 0 Å². The van der Waals surface area contributed by atoms with Crippen LogP contribution in [0.1, 0.15) is 13.8 Å². The molecule has 1 rings (SSSR count). The zero-order valence-electron chi connectivity index (χ0n) is 6.74. The lowest BCUT2D eigenvalue weighted by molar-refractivity contribution is -0.0922. The van der Waals surface area contributed by atoms with Gasteiger partial charge in [0.15, 0.2) is 0 Å². The zero-order chi connectivity index (χ0) is 8.70. The van der Waals surface area contributed by atoms with Gasteiger partial charge in [-0.1, -0.05) is 0 Å². The van der Waals surface area contributed by atoms with Gasteiger partial charge in [0.1, 0.15) is 11.7 Å². The molecule has 0 spiro atoms. The molecule has 0 saturated carbocycles. The van der Waals surface area contributed by atoms with Crippen molar-refractivity contribution in [2.75, 3.05) is 13.2 Å². The Labute approximate surface area is 65.4 Å². The van der Waals surface area contributed by atoms with E-state index in [0.717, 1.165) is 0 Å². The van der Waals surface area contributed by atoms with E-state index in [2.05, 4.69) is 0 Å². The van der Waals surface area contributed by atoms with Crippen LogP contribution in [-0.4, -0.2) is 45.8 Å². The van der Waals surface area contributed by atoms with E-state index in [0.29, 0.717) is 0 Å². The van der Waals surface area contributed by atoms with Gasteiger partial charge < -0.3 is 20.1 Å². The van der Waals surface area contributed by atoms with Crippen molar-refractivity contribution in [2.45, 2.75) is 31.2 Å². The fourth-order valence-corrected chi connectivity index (χ4v) is 1.25. The van der Waals surface area contributed by atoms with Crippen LogP contribution in [0.2, 0.25) is 0 Å². The first-order valence-corrected chi connectivity index (χ1v) is 3.58. The first kappa shape index (κ1) is 8.93. The standard InChI is InChI=1S/C7H14O4/c1-6(2)5(9)7(10,3-8)4-11-6/h5,8-10H,3-4H2,1-2H3/t5-,7+/m0/s1. The molecule has 4 heteroatoms. The molecule has 0 aromatic heterocycles. The summed E-state index contributed by atoms with van der Waals surface area (Å²) in [5.74, 6) is 0. The average Bonchev–Trinajstić information content (AvgIpc) is 2.16. The Balaban J connectivity index is 2.78. The maximum Gasteiger partial charge on any atom is 0.139 e. The Kier molecular flexibility index (Phi) is 1.96. The molecule has 0 aromatic carbocycles. The molecular formula is C7H14O4. The molecule has 1 aliphatic rings. The van der Waals surface area contributed by atoms with Crippen molar-refractivity contribution in [3.05, 3.63) is 0 Å². The van der Waals surface area contributed by atoms with Gasteiger partial charge >= 0.3 is 0 Å². The highest BCUT2D eigenvalue weighted by molar-refractivity contribution is 5.01. The number of aliphatic hydroxyl groups is 3.